The standard InChI is InChI=1S/C12H21N3O5/c1-8(11(17)18)7-13-12(19)14-9(2)10(16)15-3-5-20-6-4-15/h8-9H,3-7H2,1-2H3,(H,17,18)(H2,13,14,19). The molecular weight excluding hydrogens is 266 g/mol. The van der Waals surface area contributed by atoms with Crippen molar-refractivity contribution in [1.82, 2.24) is 15.5 Å². The number of nitrogens with one attached hydrogen (secondary N) is 2. The predicted octanol–water partition coefficient (Wildman–Crippen LogP) is -0.746. The third kappa shape index (κ3) is 5.04. The summed E-state index contributed by atoms with van der Waals surface area (Å²) < 4.78 is 5.15. The third-order valence-corrected chi connectivity index (χ3v) is 3.03. The van der Waals surface area contributed by atoms with E-state index in [1.807, 2.05) is 0 Å². The minimum absolute atomic E-state index is 0.0135. The monoisotopic (exact) mass is 287 g/mol. The van der Waals surface area contributed by atoms with Crippen molar-refractivity contribution in [2.24, 2.45) is 5.92 Å². The Morgan fingerprint density at radius 3 is 2.40 bits per heavy atom. The van der Waals surface area contributed by atoms with Gasteiger partial charge < -0.3 is 25.4 Å². The van der Waals surface area contributed by atoms with Crippen LogP contribution in [0.25, 0.3) is 0 Å². The molecule has 0 radical (unpaired) electrons. The zero-order valence-corrected chi connectivity index (χ0v) is 11.7. The second-order valence-corrected chi connectivity index (χ2v) is 4.75. The van der Waals surface area contributed by atoms with E-state index in [0.717, 1.165) is 0 Å². The van der Waals surface area contributed by atoms with Gasteiger partial charge in [-0.3, -0.25) is 9.59 Å². The fraction of sp³-hybridized carbons (Fsp3) is 0.750. The number of nitrogens with zero attached hydrogens (tertiary/aromatic N) is 1. The van der Waals surface area contributed by atoms with Crippen LogP contribution in [-0.4, -0.2) is 66.8 Å². The van der Waals surface area contributed by atoms with E-state index >= 15 is 0 Å². The van der Waals surface area contributed by atoms with E-state index in [1.54, 1.807) is 11.8 Å². The van der Waals surface area contributed by atoms with Gasteiger partial charge >= 0.3 is 12.0 Å². The van der Waals surface area contributed by atoms with Crippen LogP contribution in [-0.2, 0) is 14.3 Å². The number of amides is 3. The minimum atomic E-state index is -0.984. The Bertz CT molecular complexity index is 368. The Hall–Kier alpha value is -1.83. The van der Waals surface area contributed by atoms with E-state index < -0.39 is 24.0 Å². The number of carbonyl (C=O) groups excluding carboxylic acids is 2. The SMILES string of the molecule is CC(CNC(=O)NC(C)C(=O)N1CCOCC1)C(=O)O. The molecule has 0 saturated carbocycles. The van der Waals surface area contributed by atoms with Crippen LogP contribution in [0, 0.1) is 5.92 Å². The molecule has 0 bridgehead atoms. The molecule has 0 spiro atoms. The summed E-state index contributed by atoms with van der Waals surface area (Å²) in [7, 11) is 0. The lowest BCUT2D eigenvalue weighted by molar-refractivity contribution is -0.141. The van der Waals surface area contributed by atoms with Crippen LogP contribution in [0.3, 0.4) is 0 Å². The molecular formula is C12H21N3O5. The summed E-state index contributed by atoms with van der Waals surface area (Å²) >= 11 is 0. The van der Waals surface area contributed by atoms with Crippen molar-refractivity contribution >= 4 is 17.9 Å². The highest BCUT2D eigenvalue weighted by molar-refractivity contribution is 5.86. The molecule has 20 heavy (non-hydrogen) atoms. The van der Waals surface area contributed by atoms with E-state index in [-0.39, 0.29) is 12.5 Å². The van der Waals surface area contributed by atoms with Crippen molar-refractivity contribution in [2.75, 3.05) is 32.8 Å². The molecule has 3 amide bonds. The number of morpholine rings is 1. The Morgan fingerprint density at radius 1 is 1.25 bits per heavy atom. The summed E-state index contributed by atoms with van der Waals surface area (Å²) in [6.07, 6.45) is 0. The van der Waals surface area contributed by atoms with Gasteiger partial charge in [-0.2, -0.15) is 0 Å². The summed E-state index contributed by atoms with van der Waals surface area (Å²) in [6, 6.07) is -1.21. The zero-order valence-electron chi connectivity index (χ0n) is 11.7. The molecule has 0 aliphatic carbocycles. The molecule has 114 valence electrons. The first kappa shape index (κ1) is 16.2. The molecule has 2 atom stereocenters. The lowest BCUT2D eigenvalue weighted by atomic mass is 10.2. The first-order valence-electron chi connectivity index (χ1n) is 6.55. The van der Waals surface area contributed by atoms with Crippen LogP contribution in [0.5, 0.6) is 0 Å². The maximum atomic E-state index is 12.0. The first-order valence-corrected chi connectivity index (χ1v) is 6.55. The van der Waals surface area contributed by atoms with Crippen molar-refractivity contribution in [3.05, 3.63) is 0 Å². The molecule has 8 nitrogen and oxygen atoms in total. The second kappa shape index (κ2) is 7.68. The maximum Gasteiger partial charge on any atom is 0.315 e. The Balaban J connectivity index is 2.33. The number of carbonyl (C=O) groups is 3. The third-order valence-electron chi connectivity index (χ3n) is 3.03. The van der Waals surface area contributed by atoms with E-state index in [9.17, 15) is 14.4 Å². The topological polar surface area (TPSA) is 108 Å². The van der Waals surface area contributed by atoms with Crippen LogP contribution in [0.4, 0.5) is 4.79 Å². The first-order chi connectivity index (χ1) is 9.41. The zero-order chi connectivity index (χ0) is 15.1. The van der Waals surface area contributed by atoms with Gasteiger partial charge in [0.15, 0.2) is 0 Å². The van der Waals surface area contributed by atoms with Crippen LogP contribution < -0.4 is 10.6 Å². The van der Waals surface area contributed by atoms with Crippen molar-refractivity contribution in [1.29, 1.82) is 0 Å². The van der Waals surface area contributed by atoms with E-state index in [2.05, 4.69) is 10.6 Å². The van der Waals surface area contributed by atoms with Gasteiger partial charge in [-0.05, 0) is 6.92 Å². The molecule has 2 unspecified atom stereocenters. The fourth-order valence-corrected chi connectivity index (χ4v) is 1.70. The number of carboxylic acids is 1. The highest BCUT2D eigenvalue weighted by atomic mass is 16.5. The predicted molar refractivity (Wildman–Crippen MR) is 70.2 cm³/mol. The highest BCUT2D eigenvalue weighted by Crippen LogP contribution is 2.00. The lowest BCUT2D eigenvalue weighted by Crippen LogP contribution is -2.52. The molecule has 0 aromatic rings. The van der Waals surface area contributed by atoms with Gasteiger partial charge in [-0.1, -0.05) is 6.92 Å². The fourth-order valence-electron chi connectivity index (χ4n) is 1.70. The van der Waals surface area contributed by atoms with Gasteiger partial charge in [0.1, 0.15) is 6.04 Å². The van der Waals surface area contributed by atoms with Crippen LogP contribution in [0.15, 0.2) is 0 Å². The number of hydrogen-bond donors (Lipinski definition) is 3. The maximum absolute atomic E-state index is 12.0. The minimum Gasteiger partial charge on any atom is -0.481 e. The van der Waals surface area contributed by atoms with Crippen LogP contribution in [0.2, 0.25) is 0 Å². The molecule has 3 N–H and O–H groups in total. The van der Waals surface area contributed by atoms with E-state index in [1.165, 1.54) is 6.92 Å². The van der Waals surface area contributed by atoms with Gasteiger partial charge in [-0.15, -0.1) is 0 Å². The highest BCUT2D eigenvalue weighted by Gasteiger charge is 2.23. The molecule has 0 aromatic heterocycles. The molecule has 1 aliphatic heterocycles. The van der Waals surface area contributed by atoms with Crippen LogP contribution in [0.1, 0.15) is 13.8 Å². The Labute approximate surface area is 117 Å². The van der Waals surface area contributed by atoms with Gasteiger partial charge in [0.25, 0.3) is 0 Å². The normalized spacial score (nSPS) is 18.0. The summed E-state index contributed by atoms with van der Waals surface area (Å²) in [5.74, 6) is -1.83. The molecule has 1 heterocycles. The van der Waals surface area contributed by atoms with Crippen molar-refractivity contribution < 1.29 is 24.2 Å². The van der Waals surface area contributed by atoms with Crippen molar-refractivity contribution in [3.8, 4) is 0 Å². The van der Waals surface area contributed by atoms with E-state index in [4.69, 9.17) is 9.84 Å². The van der Waals surface area contributed by atoms with Gasteiger partial charge in [0, 0.05) is 19.6 Å². The average molecular weight is 287 g/mol. The Kier molecular flexibility index (Phi) is 6.23. The Morgan fingerprint density at radius 2 is 1.85 bits per heavy atom. The molecule has 1 rings (SSSR count). The molecule has 8 heteroatoms. The summed E-state index contributed by atoms with van der Waals surface area (Å²) in [4.78, 5) is 35.8. The summed E-state index contributed by atoms with van der Waals surface area (Å²) in [5, 5.41) is 13.6. The molecule has 1 saturated heterocycles. The number of carboxylic acid groups (broad SMARTS) is 1. The molecule has 0 aromatic carbocycles. The van der Waals surface area contributed by atoms with Gasteiger partial charge in [0.2, 0.25) is 5.91 Å². The van der Waals surface area contributed by atoms with Gasteiger partial charge in [0.05, 0.1) is 19.1 Å². The lowest BCUT2D eigenvalue weighted by Gasteiger charge is -2.29. The summed E-state index contributed by atoms with van der Waals surface area (Å²) in [6.45, 7) is 5.13. The molecule has 1 fully saturated rings. The molecule has 1 aliphatic rings. The number of rotatable bonds is 5. The van der Waals surface area contributed by atoms with Crippen molar-refractivity contribution in [2.45, 2.75) is 19.9 Å². The number of hydrogen-bond acceptors (Lipinski definition) is 4. The number of urea groups is 1. The number of aliphatic carboxylic acids is 1. The second-order valence-electron chi connectivity index (χ2n) is 4.75. The largest absolute Gasteiger partial charge is 0.481 e. The average Bonchev–Trinajstić information content (AvgIpc) is 2.44. The van der Waals surface area contributed by atoms with E-state index in [0.29, 0.717) is 26.3 Å². The number of ether oxygens (including phenoxy) is 1. The summed E-state index contributed by atoms with van der Waals surface area (Å²) in [5.41, 5.74) is 0. The van der Waals surface area contributed by atoms with Gasteiger partial charge in [-0.25, -0.2) is 4.79 Å². The van der Waals surface area contributed by atoms with Crippen LogP contribution >= 0.6 is 0 Å². The van der Waals surface area contributed by atoms with Crippen molar-refractivity contribution in [3.63, 3.8) is 0 Å². The smallest absolute Gasteiger partial charge is 0.315 e. The quantitative estimate of drug-likeness (QED) is 0.617.